The van der Waals surface area contributed by atoms with E-state index >= 15 is 0 Å². The topological polar surface area (TPSA) is 150 Å². The van der Waals surface area contributed by atoms with Crippen LogP contribution in [0.25, 0.3) is 0 Å². The van der Waals surface area contributed by atoms with E-state index in [9.17, 15) is 24.0 Å². The van der Waals surface area contributed by atoms with E-state index in [0.29, 0.717) is 23.4 Å². The van der Waals surface area contributed by atoms with Crippen LogP contribution in [0.15, 0.2) is 0 Å². The molecule has 0 saturated heterocycles. The molecule has 14 saturated carbocycles. The van der Waals surface area contributed by atoms with Crippen molar-refractivity contribution in [2.75, 3.05) is 0 Å². The minimum Gasteiger partial charge on any atom is -0.459 e. The highest BCUT2D eigenvalue weighted by atomic mass is 16.7. The molecule has 0 radical (unpaired) electrons. The molecule has 648 valence electrons. The number of fused-ring (bicyclic) bond motifs is 12. The zero-order valence-electron chi connectivity index (χ0n) is 67.8. The van der Waals surface area contributed by atoms with Crippen molar-refractivity contribution in [2.24, 2.45) is 127 Å². The second-order valence-corrected chi connectivity index (χ2v) is 40.8. The summed E-state index contributed by atoms with van der Waals surface area (Å²) in [7, 11) is 0. The fraction of sp³-hybridized carbons (Fsp3) is 0.948. The standard InChI is InChI=1S/C21H36O2.C20H32O3.C18H30O3.C16H28O2.C12H22O2.10CH4/c1-8-18(3,4)17(22)23-20(7)11-12-21-13-16(20)19(5,6)15(21)10-9-14(21)2;1-5-20(3,4)19(21)23-11(2)22-16-10-14-9-15(16)18-13-7-6-12(8-13)17(14)18;1-5-17(3,4)16(19)20-12(2)21-18-9-13-6-14(10-18)8-15(7-13)11-18;1-6-15(2,3)14(17)18-16(4,5)13-10-11-7-8-12(13)9-11;1-5-11(2,3)10(13)14-12(4)8-6-7-9-12;;;;;;;;;;/h14-16H,8-13H2,1-7H3;11-18H,5-10H2,1-4H3;12-15H,5-11H2,1-4H3;11-13H,6-10H2,1-5H3;5-9H2,1-4H3;10*1H4. The summed E-state index contributed by atoms with van der Waals surface area (Å²) in [6.45, 7) is 49.5. The van der Waals surface area contributed by atoms with Crippen molar-refractivity contribution in [3.63, 3.8) is 0 Å². The third-order valence-electron chi connectivity index (χ3n) is 31.2. The minimum absolute atomic E-state index is 0. The Bertz CT molecular complexity index is 2760. The number of carbonyl (C=O) groups is 5. The molecule has 0 aliphatic heterocycles. The van der Waals surface area contributed by atoms with Gasteiger partial charge in [-0.15, -0.1) is 0 Å². The molecule has 0 aromatic rings. The molecule has 0 N–H and O–H groups in total. The normalized spacial score (nSPS) is 34.5. The van der Waals surface area contributed by atoms with Gasteiger partial charge in [-0.05, 0) is 378 Å². The molecular formula is C97H188O12. The fourth-order valence-electron chi connectivity index (χ4n) is 23.3. The molecule has 0 amide bonds. The third kappa shape index (κ3) is 22.9. The van der Waals surface area contributed by atoms with Gasteiger partial charge in [-0.2, -0.15) is 0 Å². The van der Waals surface area contributed by atoms with Gasteiger partial charge in [0.05, 0.1) is 38.8 Å². The Balaban J connectivity index is 0. The van der Waals surface area contributed by atoms with E-state index in [-0.39, 0.29) is 148 Å². The van der Waals surface area contributed by atoms with Crippen LogP contribution >= 0.6 is 0 Å². The summed E-state index contributed by atoms with van der Waals surface area (Å²) in [4.78, 5) is 61.2. The number of carbonyl (C=O) groups excluding carboxylic acids is 5. The van der Waals surface area contributed by atoms with E-state index in [0.717, 1.165) is 128 Å². The molecule has 1 spiro atoms. The summed E-state index contributed by atoms with van der Waals surface area (Å²) in [5.41, 5.74) is -1.81. The van der Waals surface area contributed by atoms with Gasteiger partial charge in [-0.3, -0.25) is 24.0 Å². The van der Waals surface area contributed by atoms with Gasteiger partial charge in [0.25, 0.3) is 0 Å². The molecule has 14 rings (SSSR count). The van der Waals surface area contributed by atoms with Crippen molar-refractivity contribution in [3.05, 3.63) is 0 Å². The number of hydrogen-bond acceptors (Lipinski definition) is 12. The van der Waals surface area contributed by atoms with Crippen molar-refractivity contribution in [1.29, 1.82) is 0 Å². The van der Waals surface area contributed by atoms with Gasteiger partial charge in [-0.25, -0.2) is 0 Å². The molecule has 0 aromatic carbocycles. The second-order valence-electron chi connectivity index (χ2n) is 40.8. The summed E-state index contributed by atoms with van der Waals surface area (Å²) in [6, 6.07) is 0. The highest BCUT2D eigenvalue weighted by Crippen LogP contribution is 2.74. The highest BCUT2D eigenvalue weighted by Gasteiger charge is 2.69. The average molecular weight is 1550 g/mol. The highest BCUT2D eigenvalue weighted by molar-refractivity contribution is 5.78. The van der Waals surface area contributed by atoms with Gasteiger partial charge in [0.1, 0.15) is 16.8 Å². The van der Waals surface area contributed by atoms with E-state index in [1.165, 1.54) is 135 Å². The van der Waals surface area contributed by atoms with E-state index < -0.39 is 23.4 Å². The van der Waals surface area contributed by atoms with Crippen molar-refractivity contribution in [2.45, 2.75) is 468 Å². The van der Waals surface area contributed by atoms with Crippen LogP contribution in [0.5, 0.6) is 0 Å². The molecule has 12 bridgehead atoms. The Morgan fingerprint density at radius 3 is 1.31 bits per heavy atom. The molecule has 14 fully saturated rings. The summed E-state index contributed by atoms with van der Waals surface area (Å²) in [5, 5.41) is 0. The van der Waals surface area contributed by atoms with Crippen molar-refractivity contribution in [1.82, 2.24) is 0 Å². The largest absolute Gasteiger partial charge is 0.459 e. The molecule has 109 heavy (non-hydrogen) atoms. The van der Waals surface area contributed by atoms with Gasteiger partial charge in [0, 0.05) is 11.8 Å². The zero-order chi connectivity index (χ0) is 73.2. The lowest BCUT2D eigenvalue weighted by Crippen LogP contribution is -2.53. The zero-order valence-corrected chi connectivity index (χ0v) is 67.8. The first-order chi connectivity index (χ1) is 45.9. The lowest BCUT2D eigenvalue weighted by atomic mass is 9.54. The predicted molar refractivity (Wildman–Crippen MR) is 462 cm³/mol. The summed E-state index contributed by atoms with van der Waals surface area (Å²) in [6.07, 6.45) is 34.4. The Morgan fingerprint density at radius 1 is 0.413 bits per heavy atom. The van der Waals surface area contributed by atoms with Gasteiger partial charge in [0.15, 0.2) is 6.29 Å². The van der Waals surface area contributed by atoms with Crippen LogP contribution in [0.4, 0.5) is 0 Å². The van der Waals surface area contributed by atoms with Crippen molar-refractivity contribution >= 4 is 29.8 Å². The predicted octanol–water partition coefficient (Wildman–Crippen LogP) is 28.1. The molecular weight excluding hydrogens is 1360 g/mol. The van der Waals surface area contributed by atoms with E-state index in [1.54, 1.807) is 0 Å². The van der Waals surface area contributed by atoms with E-state index in [2.05, 4.69) is 55.4 Å². The van der Waals surface area contributed by atoms with E-state index in [4.69, 9.17) is 33.2 Å². The average Bonchev–Trinajstić information content (AvgIpc) is 1.54. The Labute approximate surface area is 677 Å². The number of hydrogen-bond donors (Lipinski definition) is 0. The quantitative estimate of drug-likeness (QED) is 0.0494. The van der Waals surface area contributed by atoms with Crippen LogP contribution in [0, 0.1) is 127 Å². The molecule has 17 atom stereocenters. The lowest BCUT2D eigenvalue weighted by Gasteiger charge is -2.56. The van der Waals surface area contributed by atoms with Crippen molar-refractivity contribution in [3.8, 4) is 0 Å². The molecule has 14 aliphatic carbocycles. The number of rotatable bonds is 20. The first-order valence-corrected chi connectivity index (χ1v) is 41.3. The molecule has 14 aliphatic rings. The molecule has 0 heterocycles. The number of esters is 5. The van der Waals surface area contributed by atoms with Crippen LogP contribution in [0.2, 0.25) is 0 Å². The summed E-state index contributed by atoms with van der Waals surface area (Å²) >= 11 is 0. The van der Waals surface area contributed by atoms with Gasteiger partial charge in [0.2, 0.25) is 6.29 Å². The van der Waals surface area contributed by atoms with Gasteiger partial charge < -0.3 is 33.2 Å². The molecule has 12 nitrogen and oxygen atoms in total. The molecule has 12 heteroatoms. The fourth-order valence-corrected chi connectivity index (χ4v) is 23.3. The molecule has 0 aromatic heterocycles. The maximum atomic E-state index is 12.7. The summed E-state index contributed by atoms with van der Waals surface area (Å²) < 4.78 is 41.5. The third-order valence-corrected chi connectivity index (χ3v) is 31.2. The van der Waals surface area contributed by atoms with Crippen LogP contribution in [-0.4, -0.2) is 70.9 Å². The van der Waals surface area contributed by atoms with Gasteiger partial charge in [-0.1, -0.05) is 136 Å². The lowest BCUT2D eigenvalue weighted by molar-refractivity contribution is -0.248. The van der Waals surface area contributed by atoms with Crippen LogP contribution in [0.1, 0.15) is 427 Å². The Kier molecular flexibility index (Phi) is 40.2. The Morgan fingerprint density at radius 2 is 0.853 bits per heavy atom. The molecule has 17 unspecified atom stereocenters. The van der Waals surface area contributed by atoms with Crippen molar-refractivity contribution < 1.29 is 57.1 Å². The smallest absolute Gasteiger partial charge is 0.313 e. The van der Waals surface area contributed by atoms with E-state index in [1.807, 2.05) is 111 Å². The first kappa shape index (κ1) is 108. The van der Waals surface area contributed by atoms with Crippen LogP contribution in [0.3, 0.4) is 0 Å². The minimum atomic E-state index is -0.418. The maximum absolute atomic E-state index is 12.7. The SMILES string of the molecule is C.C.C.C.C.C.C.C.C.C.CCC(C)(C)C(=O)OC(C)(C)C1CC2CCC1C2.CCC(C)(C)C(=O)OC(C)OC12CC3CC(CC(C3)C1)C2.CCC(C)(C)C(=O)OC(C)OC1CC2CC1C1C3CCC(C3)C21.CCC(C)(C)C(=O)OC1(C)CCC23CC1C(C)(C)C2CCC3C.CCC(C)(C)C(=O)OC1(C)CCCC1. The number of ether oxygens (including phenoxy) is 7. The van der Waals surface area contributed by atoms with Crippen LogP contribution < -0.4 is 0 Å². The first-order valence-electron chi connectivity index (χ1n) is 41.3. The van der Waals surface area contributed by atoms with Gasteiger partial charge >= 0.3 is 29.8 Å². The maximum Gasteiger partial charge on any atom is 0.313 e. The second kappa shape index (κ2) is 40.4. The summed E-state index contributed by atoms with van der Waals surface area (Å²) in [5.74, 6) is 12.2. The monoisotopic (exact) mass is 1550 g/mol. The van der Waals surface area contributed by atoms with Crippen LogP contribution in [-0.2, 0) is 57.1 Å². The Hall–Kier alpha value is -2.73.